The van der Waals surface area contributed by atoms with Crippen LogP contribution in [0.1, 0.15) is 46.0 Å². The Bertz CT molecular complexity index is 267. The number of aliphatic hydroxyl groups excluding tert-OH is 1. The second-order valence-electron chi connectivity index (χ2n) is 4.47. The monoisotopic (exact) mass is 274 g/mol. The van der Waals surface area contributed by atoms with Gasteiger partial charge in [0.05, 0.1) is 6.61 Å². The van der Waals surface area contributed by atoms with E-state index in [-0.39, 0.29) is 25.1 Å². The van der Waals surface area contributed by atoms with Crippen LogP contribution in [0.3, 0.4) is 0 Å². The van der Waals surface area contributed by atoms with Crippen molar-refractivity contribution in [1.82, 2.24) is 10.2 Å². The lowest BCUT2D eigenvalue weighted by Gasteiger charge is -2.30. The predicted octanol–water partition coefficient (Wildman–Crippen LogP) is 1.43. The lowest BCUT2D eigenvalue weighted by molar-refractivity contribution is -0.137. The van der Waals surface area contributed by atoms with E-state index < -0.39 is 5.97 Å². The Balaban J connectivity index is 4.07. The van der Waals surface area contributed by atoms with Gasteiger partial charge in [-0.05, 0) is 25.7 Å². The number of hydrogen-bond acceptors (Lipinski definition) is 3. The van der Waals surface area contributed by atoms with Gasteiger partial charge in [0.2, 0.25) is 0 Å². The van der Waals surface area contributed by atoms with E-state index in [4.69, 9.17) is 10.2 Å². The Kier molecular flexibility index (Phi) is 9.88. The fraction of sp³-hybridized carbons (Fsp3) is 0.846. The van der Waals surface area contributed by atoms with Gasteiger partial charge in [0.1, 0.15) is 0 Å². The van der Waals surface area contributed by atoms with Crippen LogP contribution in [0.4, 0.5) is 4.79 Å². The molecule has 112 valence electrons. The summed E-state index contributed by atoms with van der Waals surface area (Å²) in [5.74, 6) is -0.815. The molecular formula is C13H26N2O4. The Hall–Kier alpha value is -1.30. The molecule has 0 unspecified atom stereocenters. The number of urea groups is 1. The van der Waals surface area contributed by atoms with Crippen LogP contribution in [-0.4, -0.2) is 52.9 Å². The molecule has 0 bridgehead atoms. The molecule has 0 aliphatic heterocycles. The maximum Gasteiger partial charge on any atom is 0.317 e. The van der Waals surface area contributed by atoms with Gasteiger partial charge in [-0.1, -0.05) is 13.8 Å². The van der Waals surface area contributed by atoms with Crippen molar-refractivity contribution in [1.29, 1.82) is 0 Å². The van der Waals surface area contributed by atoms with Crippen LogP contribution in [0.15, 0.2) is 0 Å². The summed E-state index contributed by atoms with van der Waals surface area (Å²) in [4.78, 5) is 24.0. The highest BCUT2D eigenvalue weighted by atomic mass is 16.4. The van der Waals surface area contributed by atoms with Crippen LogP contribution in [0, 0.1) is 0 Å². The summed E-state index contributed by atoms with van der Waals surface area (Å²) in [5, 5.41) is 20.3. The summed E-state index contributed by atoms with van der Waals surface area (Å²) < 4.78 is 0. The molecule has 3 N–H and O–H groups in total. The highest BCUT2D eigenvalue weighted by Crippen LogP contribution is 2.08. The number of nitrogens with zero attached hydrogens (tertiary/aromatic N) is 1. The summed E-state index contributed by atoms with van der Waals surface area (Å²) >= 11 is 0. The largest absolute Gasteiger partial charge is 0.481 e. The van der Waals surface area contributed by atoms with Crippen molar-refractivity contribution in [3.8, 4) is 0 Å². The third kappa shape index (κ3) is 7.66. The first-order valence-corrected chi connectivity index (χ1v) is 6.93. The third-order valence-electron chi connectivity index (χ3n) is 3.08. The molecule has 0 rings (SSSR count). The van der Waals surface area contributed by atoms with Crippen LogP contribution in [0.2, 0.25) is 0 Å². The van der Waals surface area contributed by atoms with Crippen LogP contribution in [0.25, 0.3) is 0 Å². The van der Waals surface area contributed by atoms with Crippen molar-refractivity contribution in [2.24, 2.45) is 0 Å². The predicted molar refractivity (Wildman–Crippen MR) is 73.0 cm³/mol. The minimum atomic E-state index is -0.815. The smallest absolute Gasteiger partial charge is 0.317 e. The fourth-order valence-electron chi connectivity index (χ4n) is 1.99. The number of aliphatic carboxylic acids is 1. The zero-order valence-electron chi connectivity index (χ0n) is 11.9. The SMILES string of the molecule is CCC(CC)N(CCO)C(=O)NCCCCC(=O)O. The molecular weight excluding hydrogens is 248 g/mol. The Morgan fingerprint density at radius 1 is 1.21 bits per heavy atom. The first-order chi connectivity index (χ1) is 9.06. The van der Waals surface area contributed by atoms with Crippen LogP contribution >= 0.6 is 0 Å². The standard InChI is InChI=1S/C13H26N2O4/c1-3-11(4-2)15(9-10-16)13(19)14-8-6-5-7-12(17)18/h11,16H,3-10H2,1-2H3,(H,14,19)(H,17,18). The molecule has 2 amide bonds. The van der Waals surface area contributed by atoms with Gasteiger partial charge in [-0.15, -0.1) is 0 Å². The van der Waals surface area contributed by atoms with Gasteiger partial charge < -0.3 is 20.4 Å². The van der Waals surface area contributed by atoms with Crippen molar-refractivity contribution in [3.05, 3.63) is 0 Å². The van der Waals surface area contributed by atoms with Crippen molar-refractivity contribution < 1.29 is 19.8 Å². The molecule has 0 fully saturated rings. The van der Waals surface area contributed by atoms with Crippen molar-refractivity contribution >= 4 is 12.0 Å². The summed E-state index contributed by atoms with van der Waals surface area (Å²) in [7, 11) is 0. The third-order valence-corrected chi connectivity index (χ3v) is 3.08. The summed E-state index contributed by atoms with van der Waals surface area (Å²) in [5.41, 5.74) is 0. The molecule has 0 aliphatic carbocycles. The van der Waals surface area contributed by atoms with E-state index in [1.165, 1.54) is 0 Å². The number of amides is 2. The molecule has 0 spiro atoms. The quantitative estimate of drug-likeness (QED) is 0.526. The van der Waals surface area contributed by atoms with E-state index in [0.29, 0.717) is 25.9 Å². The first-order valence-electron chi connectivity index (χ1n) is 6.93. The molecule has 19 heavy (non-hydrogen) atoms. The number of aliphatic hydroxyl groups is 1. The van der Waals surface area contributed by atoms with E-state index in [0.717, 1.165) is 12.8 Å². The van der Waals surface area contributed by atoms with Gasteiger partial charge in [0.15, 0.2) is 0 Å². The fourth-order valence-corrected chi connectivity index (χ4v) is 1.99. The minimum absolute atomic E-state index is 0.0526. The van der Waals surface area contributed by atoms with E-state index in [9.17, 15) is 9.59 Å². The van der Waals surface area contributed by atoms with Gasteiger partial charge >= 0.3 is 12.0 Å². The second-order valence-corrected chi connectivity index (χ2v) is 4.47. The topological polar surface area (TPSA) is 89.9 Å². The van der Waals surface area contributed by atoms with Crippen LogP contribution in [-0.2, 0) is 4.79 Å². The highest BCUT2D eigenvalue weighted by molar-refractivity contribution is 5.74. The van der Waals surface area contributed by atoms with Gasteiger partial charge in [-0.3, -0.25) is 4.79 Å². The molecule has 0 aliphatic rings. The number of hydrogen-bond donors (Lipinski definition) is 3. The van der Waals surface area contributed by atoms with E-state index in [2.05, 4.69) is 5.32 Å². The number of carbonyl (C=O) groups is 2. The Labute approximate surface area is 114 Å². The highest BCUT2D eigenvalue weighted by Gasteiger charge is 2.19. The van der Waals surface area contributed by atoms with Crippen LogP contribution in [0.5, 0.6) is 0 Å². The summed E-state index contributed by atoms with van der Waals surface area (Å²) in [6.45, 7) is 4.77. The van der Waals surface area contributed by atoms with Crippen LogP contribution < -0.4 is 5.32 Å². The zero-order chi connectivity index (χ0) is 14.7. The molecule has 0 atom stereocenters. The van der Waals surface area contributed by atoms with Crippen molar-refractivity contribution in [2.45, 2.75) is 52.0 Å². The van der Waals surface area contributed by atoms with Crippen molar-refractivity contribution in [3.63, 3.8) is 0 Å². The average Bonchev–Trinajstić information content (AvgIpc) is 2.38. The lowest BCUT2D eigenvalue weighted by atomic mass is 10.1. The molecule has 0 heterocycles. The molecule has 0 saturated heterocycles. The molecule has 0 radical (unpaired) electrons. The number of nitrogens with one attached hydrogen (secondary N) is 1. The Morgan fingerprint density at radius 3 is 2.32 bits per heavy atom. The first kappa shape index (κ1) is 17.7. The maximum absolute atomic E-state index is 12.0. The normalized spacial score (nSPS) is 10.5. The molecule has 0 aromatic carbocycles. The number of carbonyl (C=O) groups excluding carboxylic acids is 1. The Morgan fingerprint density at radius 2 is 1.84 bits per heavy atom. The summed E-state index contributed by atoms with van der Waals surface area (Å²) in [6, 6.07) is -0.0516. The number of carboxylic acids is 1. The minimum Gasteiger partial charge on any atom is -0.481 e. The summed E-state index contributed by atoms with van der Waals surface area (Å²) in [6.07, 6.45) is 3.03. The molecule has 6 heteroatoms. The molecule has 0 aromatic rings. The van der Waals surface area contributed by atoms with E-state index in [1.54, 1.807) is 4.90 Å². The van der Waals surface area contributed by atoms with Gasteiger partial charge in [-0.2, -0.15) is 0 Å². The maximum atomic E-state index is 12.0. The average molecular weight is 274 g/mol. The van der Waals surface area contributed by atoms with E-state index in [1.807, 2.05) is 13.8 Å². The zero-order valence-corrected chi connectivity index (χ0v) is 11.9. The second kappa shape index (κ2) is 10.6. The molecule has 6 nitrogen and oxygen atoms in total. The lowest BCUT2D eigenvalue weighted by Crippen LogP contribution is -2.47. The van der Waals surface area contributed by atoms with Gasteiger partial charge in [-0.25, -0.2) is 4.79 Å². The van der Waals surface area contributed by atoms with E-state index >= 15 is 0 Å². The van der Waals surface area contributed by atoms with Gasteiger partial charge in [0.25, 0.3) is 0 Å². The number of carboxylic acid groups (broad SMARTS) is 1. The van der Waals surface area contributed by atoms with Gasteiger partial charge in [0, 0.05) is 25.6 Å². The van der Waals surface area contributed by atoms with Crippen molar-refractivity contribution in [2.75, 3.05) is 19.7 Å². The molecule has 0 aromatic heterocycles. The molecule has 0 saturated carbocycles. The number of rotatable bonds is 10. The number of unbranched alkanes of at least 4 members (excludes halogenated alkanes) is 1.